The van der Waals surface area contributed by atoms with Crippen molar-refractivity contribution in [2.24, 2.45) is 0 Å². The van der Waals surface area contributed by atoms with Crippen molar-refractivity contribution in [3.63, 3.8) is 0 Å². The average Bonchev–Trinajstić information content (AvgIpc) is 3.02. The number of Topliss-reactive ketones (excluding diaryl/α,β-unsaturated/α-hetero) is 1. The van der Waals surface area contributed by atoms with Gasteiger partial charge in [0.2, 0.25) is 0 Å². The first-order chi connectivity index (χ1) is 11.3. The topological polar surface area (TPSA) is 74.8 Å². The number of aromatic nitrogens is 2. The molecule has 0 saturated heterocycles. The third kappa shape index (κ3) is 4.31. The maximum atomic E-state index is 12.4. The number of rotatable bonds is 6. The van der Waals surface area contributed by atoms with Crippen LogP contribution in [0.15, 0.2) is 30.5 Å². The van der Waals surface area contributed by atoms with E-state index in [1.165, 1.54) is 0 Å². The largest absolute Gasteiger partial charge is 0.348 e. The number of carbonyl (C=O) groups is 2. The lowest BCUT2D eigenvalue weighted by Crippen LogP contribution is -2.25. The summed E-state index contributed by atoms with van der Waals surface area (Å²) in [4.78, 5) is 24.4. The van der Waals surface area contributed by atoms with Gasteiger partial charge in [-0.25, -0.2) is 0 Å². The minimum absolute atomic E-state index is 0.0664. The van der Waals surface area contributed by atoms with Crippen molar-refractivity contribution in [1.29, 1.82) is 0 Å². The van der Waals surface area contributed by atoms with Crippen LogP contribution in [0.3, 0.4) is 0 Å². The first-order valence-electron chi connectivity index (χ1n) is 8.27. The van der Waals surface area contributed by atoms with Crippen LogP contribution >= 0.6 is 0 Å². The maximum absolute atomic E-state index is 12.4. The Balaban J connectivity index is 2.07. The molecule has 0 aliphatic carbocycles. The minimum atomic E-state index is -0.192. The molecule has 24 heavy (non-hydrogen) atoms. The quantitative estimate of drug-likeness (QED) is 0.796. The maximum Gasteiger partial charge on any atom is 0.251 e. The van der Waals surface area contributed by atoms with E-state index in [9.17, 15) is 9.59 Å². The zero-order valence-electron chi connectivity index (χ0n) is 14.8. The second kappa shape index (κ2) is 7.43. The van der Waals surface area contributed by atoms with E-state index in [1.807, 2.05) is 6.92 Å². The lowest BCUT2D eigenvalue weighted by molar-refractivity contribution is 0.0950. The van der Waals surface area contributed by atoms with Crippen LogP contribution in [0.25, 0.3) is 0 Å². The van der Waals surface area contributed by atoms with Gasteiger partial charge in [-0.15, -0.1) is 0 Å². The Labute approximate surface area is 142 Å². The third-order valence-electron chi connectivity index (χ3n) is 3.83. The number of hydrogen-bond donors (Lipinski definition) is 2. The normalized spacial score (nSPS) is 11.3. The SMILES string of the molecule is CCCC(=O)c1cccc(C(=O)NCc2cn[nH]c2C(C)(C)C)c1. The van der Waals surface area contributed by atoms with E-state index in [-0.39, 0.29) is 17.1 Å². The number of carbonyl (C=O) groups excluding carboxylic acids is 2. The summed E-state index contributed by atoms with van der Waals surface area (Å²) in [5, 5.41) is 9.98. The van der Waals surface area contributed by atoms with Gasteiger partial charge in [0.05, 0.1) is 6.20 Å². The molecule has 0 aliphatic heterocycles. The van der Waals surface area contributed by atoms with Gasteiger partial charge >= 0.3 is 0 Å². The molecule has 1 heterocycles. The van der Waals surface area contributed by atoms with Crippen LogP contribution < -0.4 is 5.32 Å². The highest BCUT2D eigenvalue weighted by Gasteiger charge is 2.20. The predicted molar refractivity (Wildman–Crippen MR) is 94.1 cm³/mol. The molecule has 1 aromatic heterocycles. The molecular weight excluding hydrogens is 302 g/mol. The van der Waals surface area contributed by atoms with Gasteiger partial charge in [0.15, 0.2) is 5.78 Å². The van der Waals surface area contributed by atoms with Crippen molar-refractivity contribution in [1.82, 2.24) is 15.5 Å². The summed E-state index contributed by atoms with van der Waals surface area (Å²) >= 11 is 0. The van der Waals surface area contributed by atoms with Crippen LogP contribution in [0.2, 0.25) is 0 Å². The smallest absolute Gasteiger partial charge is 0.251 e. The Bertz CT molecular complexity index is 726. The number of hydrogen-bond acceptors (Lipinski definition) is 3. The molecule has 2 aromatic rings. The minimum Gasteiger partial charge on any atom is -0.348 e. The van der Waals surface area contributed by atoms with Gasteiger partial charge in [-0.05, 0) is 18.6 Å². The zero-order chi connectivity index (χ0) is 17.7. The molecule has 0 aliphatic rings. The summed E-state index contributed by atoms with van der Waals surface area (Å²) in [6.45, 7) is 8.64. The van der Waals surface area contributed by atoms with Crippen molar-refractivity contribution in [2.45, 2.75) is 52.5 Å². The molecule has 0 unspecified atom stereocenters. The van der Waals surface area contributed by atoms with Gasteiger partial charge < -0.3 is 5.32 Å². The van der Waals surface area contributed by atoms with E-state index in [0.717, 1.165) is 17.7 Å². The van der Waals surface area contributed by atoms with Crippen LogP contribution in [0, 0.1) is 0 Å². The second-order valence-corrected chi connectivity index (χ2v) is 6.96. The molecule has 2 rings (SSSR count). The highest BCUT2D eigenvalue weighted by molar-refractivity contribution is 6.00. The number of nitrogens with one attached hydrogen (secondary N) is 2. The molecule has 128 valence electrons. The molecule has 5 heteroatoms. The molecule has 0 radical (unpaired) electrons. The summed E-state index contributed by atoms with van der Waals surface area (Å²) in [6, 6.07) is 6.88. The van der Waals surface area contributed by atoms with Crippen molar-refractivity contribution >= 4 is 11.7 Å². The Morgan fingerprint density at radius 3 is 2.58 bits per heavy atom. The Kier molecular flexibility index (Phi) is 5.54. The molecule has 1 amide bonds. The van der Waals surface area contributed by atoms with Gasteiger partial charge in [0.1, 0.15) is 0 Å². The van der Waals surface area contributed by atoms with E-state index in [0.29, 0.717) is 24.1 Å². The van der Waals surface area contributed by atoms with Gasteiger partial charge in [-0.3, -0.25) is 14.7 Å². The van der Waals surface area contributed by atoms with Crippen molar-refractivity contribution in [3.05, 3.63) is 52.8 Å². The van der Waals surface area contributed by atoms with Crippen LogP contribution in [0.4, 0.5) is 0 Å². The van der Waals surface area contributed by atoms with Crippen LogP contribution in [-0.2, 0) is 12.0 Å². The number of H-pyrrole nitrogens is 1. The third-order valence-corrected chi connectivity index (χ3v) is 3.83. The van der Waals surface area contributed by atoms with Gasteiger partial charge in [0, 0.05) is 40.8 Å². The van der Waals surface area contributed by atoms with E-state index < -0.39 is 0 Å². The Morgan fingerprint density at radius 1 is 1.21 bits per heavy atom. The molecular formula is C19H25N3O2. The highest BCUT2D eigenvalue weighted by Crippen LogP contribution is 2.23. The average molecular weight is 327 g/mol. The molecule has 0 atom stereocenters. The lowest BCUT2D eigenvalue weighted by atomic mass is 9.89. The predicted octanol–water partition coefficient (Wildman–Crippen LogP) is 3.62. The monoisotopic (exact) mass is 327 g/mol. The van der Waals surface area contributed by atoms with Crippen LogP contribution in [0.5, 0.6) is 0 Å². The Hall–Kier alpha value is -2.43. The summed E-state index contributed by atoms with van der Waals surface area (Å²) in [6.07, 6.45) is 3.03. The lowest BCUT2D eigenvalue weighted by Gasteiger charge is -2.18. The van der Waals surface area contributed by atoms with Gasteiger partial charge in [-0.2, -0.15) is 5.10 Å². The molecule has 1 aromatic carbocycles. The number of nitrogens with zero attached hydrogens (tertiary/aromatic N) is 1. The standard InChI is InChI=1S/C19H25N3O2/c1-5-7-16(23)13-8-6-9-14(10-13)18(24)20-11-15-12-21-22-17(15)19(2,3)4/h6,8-10,12H,5,7,11H2,1-4H3,(H,20,24)(H,21,22). The highest BCUT2D eigenvalue weighted by atomic mass is 16.1. The summed E-state index contributed by atoms with van der Waals surface area (Å²) < 4.78 is 0. The number of aromatic amines is 1. The molecule has 0 bridgehead atoms. The summed E-state index contributed by atoms with van der Waals surface area (Å²) in [5.74, 6) is -0.126. The fourth-order valence-corrected chi connectivity index (χ4v) is 2.58. The summed E-state index contributed by atoms with van der Waals surface area (Å²) in [7, 11) is 0. The van der Waals surface area contributed by atoms with Crippen molar-refractivity contribution in [2.75, 3.05) is 0 Å². The fraction of sp³-hybridized carbons (Fsp3) is 0.421. The van der Waals surface area contributed by atoms with Gasteiger partial charge in [0.25, 0.3) is 5.91 Å². The first kappa shape index (κ1) is 17.9. The molecule has 2 N–H and O–H groups in total. The molecule has 5 nitrogen and oxygen atoms in total. The number of ketones is 1. The van der Waals surface area contributed by atoms with Crippen molar-refractivity contribution in [3.8, 4) is 0 Å². The van der Waals surface area contributed by atoms with E-state index in [2.05, 4.69) is 36.3 Å². The van der Waals surface area contributed by atoms with E-state index in [4.69, 9.17) is 0 Å². The molecule has 0 fully saturated rings. The Morgan fingerprint density at radius 2 is 1.92 bits per heavy atom. The molecule has 0 spiro atoms. The van der Waals surface area contributed by atoms with E-state index >= 15 is 0 Å². The van der Waals surface area contributed by atoms with Crippen LogP contribution in [0.1, 0.15) is 72.5 Å². The van der Waals surface area contributed by atoms with Crippen LogP contribution in [-0.4, -0.2) is 21.9 Å². The number of benzene rings is 1. The first-order valence-corrected chi connectivity index (χ1v) is 8.27. The second-order valence-electron chi connectivity index (χ2n) is 6.96. The number of amides is 1. The van der Waals surface area contributed by atoms with E-state index in [1.54, 1.807) is 30.5 Å². The molecule has 0 saturated carbocycles. The zero-order valence-corrected chi connectivity index (χ0v) is 14.8. The van der Waals surface area contributed by atoms with Gasteiger partial charge in [-0.1, -0.05) is 39.8 Å². The summed E-state index contributed by atoms with van der Waals surface area (Å²) in [5.41, 5.74) is 2.99. The van der Waals surface area contributed by atoms with Crippen molar-refractivity contribution < 1.29 is 9.59 Å². The fourth-order valence-electron chi connectivity index (χ4n) is 2.58.